The van der Waals surface area contributed by atoms with Gasteiger partial charge in [-0.05, 0) is 19.1 Å². The topological polar surface area (TPSA) is 59.6 Å². The van der Waals surface area contributed by atoms with Gasteiger partial charge < -0.3 is 9.47 Å². The number of nitrogens with one attached hydrogen (secondary N) is 2. The maximum Gasteiger partial charge on any atom is 0.344 e. The number of rotatable bonds is 6. The summed E-state index contributed by atoms with van der Waals surface area (Å²) in [6.45, 7) is 1.73. The average Bonchev–Trinajstić information content (AvgIpc) is 2.30. The quantitative estimate of drug-likeness (QED) is 0.467. The van der Waals surface area contributed by atoms with Crippen molar-refractivity contribution in [2.45, 2.75) is 6.92 Å². The standard InChI is InChI=1S/C10H12ClFN2O3/c1-2-16-10(15)6-17-9-5-7(13-14-12)3-4-8(9)11/h3-5,13-14H,2,6H2,1H3. The maximum atomic E-state index is 11.8. The average molecular weight is 263 g/mol. The molecule has 0 heterocycles. The highest BCUT2D eigenvalue weighted by molar-refractivity contribution is 6.32. The lowest BCUT2D eigenvalue weighted by molar-refractivity contribution is -0.145. The Kier molecular flexibility index (Phi) is 5.51. The zero-order chi connectivity index (χ0) is 12.7. The van der Waals surface area contributed by atoms with E-state index < -0.39 is 5.97 Å². The van der Waals surface area contributed by atoms with Gasteiger partial charge in [0.15, 0.2) is 6.61 Å². The predicted octanol–water partition coefficient (Wildman–Crippen LogP) is 2.08. The largest absolute Gasteiger partial charge is 0.480 e. The van der Waals surface area contributed by atoms with Crippen molar-refractivity contribution in [1.29, 1.82) is 0 Å². The van der Waals surface area contributed by atoms with Gasteiger partial charge in [-0.3, -0.25) is 5.43 Å². The minimum absolute atomic E-state index is 0.250. The third-order valence-corrected chi connectivity index (χ3v) is 2.09. The van der Waals surface area contributed by atoms with Crippen molar-refractivity contribution < 1.29 is 18.7 Å². The Labute approximate surface area is 103 Å². The van der Waals surface area contributed by atoms with Crippen LogP contribution in [0.15, 0.2) is 18.2 Å². The summed E-state index contributed by atoms with van der Waals surface area (Å²) in [6, 6.07) is 4.52. The van der Waals surface area contributed by atoms with Crippen LogP contribution in [0.4, 0.5) is 10.2 Å². The van der Waals surface area contributed by atoms with Crippen LogP contribution in [0.2, 0.25) is 5.02 Å². The van der Waals surface area contributed by atoms with E-state index >= 15 is 0 Å². The summed E-state index contributed by atoms with van der Waals surface area (Å²) in [5.74, 6) is -0.231. The van der Waals surface area contributed by atoms with E-state index in [0.717, 1.165) is 0 Å². The first-order valence-electron chi connectivity index (χ1n) is 4.87. The minimum Gasteiger partial charge on any atom is -0.480 e. The van der Waals surface area contributed by atoms with Gasteiger partial charge in [0.1, 0.15) is 5.75 Å². The molecule has 1 aromatic rings. The maximum absolute atomic E-state index is 11.8. The normalized spacial score (nSPS) is 9.82. The lowest BCUT2D eigenvalue weighted by Crippen LogP contribution is -2.15. The number of ether oxygens (including phenoxy) is 2. The summed E-state index contributed by atoms with van der Waals surface area (Å²) in [6.07, 6.45) is 0. The van der Waals surface area contributed by atoms with Gasteiger partial charge in [0.2, 0.25) is 0 Å². The van der Waals surface area contributed by atoms with Crippen molar-refractivity contribution in [3.05, 3.63) is 23.2 Å². The second-order valence-corrected chi connectivity index (χ2v) is 3.37. The first kappa shape index (κ1) is 13.5. The first-order valence-corrected chi connectivity index (χ1v) is 5.24. The lowest BCUT2D eigenvalue weighted by atomic mass is 10.3. The molecular weight excluding hydrogens is 251 g/mol. The highest BCUT2D eigenvalue weighted by atomic mass is 35.5. The minimum atomic E-state index is -0.495. The molecule has 0 radical (unpaired) electrons. The Morgan fingerprint density at radius 1 is 1.53 bits per heavy atom. The van der Waals surface area contributed by atoms with Gasteiger partial charge in [-0.1, -0.05) is 17.2 Å². The highest BCUT2D eigenvalue weighted by Crippen LogP contribution is 2.27. The highest BCUT2D eigenvalue weighted by Gasteiger charge is 2.07. The molecule has 0 fully saturated rings. The van der Waals surface area contributed by atoms with E-state index in [1.807, 2.05) is 0 Å². The number of hydrogen-bond acceptors (Lipinski definition) is 5. The van der Waals surface area contributed by atoms with E-state index in [9.17, 15) is 9.28 Å². The zero-order valence-corrected chi connectivity index (χ0v) is 9.88. The van der Waals surface area contributed by atoms with Gasteiger partial charge in [-0.15, -0.1) is 4.48 Å². The molecule has 0 aliphatic carbocycles. The lowest BCUT2D eigenvalue weighted by Gasteiger charge is -2.09. The Hall–Kier alpha value is -1.53. The molecule has 94 valence electrons. The van der Waals surface area contributed by atoms with E-state index in [1.54, 1.807) is 13.0 Å². The number of esters is 1. The second-order valence-electron chi connectivity index (χ2n) is 2.96. The molecule has 0 amide bonds. The number of carbonyl (C=O) groups is 1. The molecule has 0 aromatic heterocycles. The van der Waals surface area contributed by atoms with Crippen LogP contribution in [-0.2, 0) is 9.53 Å². The van der Waals surface area contributed by atoms with Crippen molar-refractivity contribution >= 4 is 23.3 Å². The second kappa shape index (κ2) is 6.93. The SMILES string of the molecule is CCOC(=O)COc1cc(NNF)ccc1Cl. The van der Waals surface area contributed by atoms with Gasteiger partial charge in [-0.2, -0.15) is 0 Å². The summed E-state index contributed by atoms with van der Waals surface area (Å²) < 4.78 is 21.6. The fourth-order valence-corrected chi connectivity index (χ4v) is 1.26. The molecule has 2 N–H and O–H groups in total. The number of halogens is 2. The number of anilines is 1. The molecule has 5 nitrogen and oxygen atoms in total. The van der Waals surface area contributed by atoms with Gasteiger partial charge in [-0.25, -0.2) is 4.79 Å². The number of benzene rings is 1. The van der Waals surface area contributed by atoms with Crippen LogP contribution in [0.5, 0.6) is 5.75 Å². The van der Waals surface area contributed by atoms with Crippen LogP contribution >= 0.6 is 11.6 Å². The summed E-state index contributed by atoms with van der Waals surface area (Å²) in [5, 5.41) is 0.318. The molecule has 0 spiro atoms. The fourth-order valence-electron chi connectivity index (χ4n) is 1.09. The Bertz CT molecular complexity index is 390. The van der Waals surface area contributed by atoms with E-state index in [4.69, 9.17) is 16.3 Å². The molecular formula is C10H12ClFN2O3. The van der Waals surface area contributed by atoms with Crippen LogP contribution in [0.25, 0.3) is 0 Å². The van der Waals surface area contributed by atoms with Crippen molar-refractivity contribution in [1.82, 2.24) is 5.65 Å². The Morgan fingerprint density at radius 3 is 2.94 bits per heavy atom. The van der Waals surface area contributed by atoms with Crippen LogP contribution < -0.4 is 15.8 Å². The van der Waals surface area contributed by atoms with Crippen molar-refractivity contribution in [3.8, 4) is 5.75 Å². The van der Waals surface area contributed by atoms with Gasteiger partial charge >= 0.3 is 5.97 Å². The number of hydrazine groups is 1. The van der Waals surface area contributed by atoms with Crippen LogP contribution in [0.3, 0.4) is 0 Å². The first-order chi connectivity index (χ1) is 8.17. The molecule has 0 bridgehead atoms. The number of carbonyl (C=O) groups excluding carboxylic acids is 1. The summed E-state index contributed by atoms with van der Waals surface area (Å²) in [5.41, 5.74) is 3.90. The fraction of sp³-hybridized carbons (Fsp3) is 0.300. The van der Waals surface area contributed by atoms with E-state index in [0.29, 0.717) is 10.7 Å². The van der Waals surface area contributed by atoms with E-state index in [1.165, 1.54) is 17.8 Å². The third kappa shape index (κ3) is 4.46. The number of hydrogen-bond donors (Lipinski definition) is 2. The Morgan fingerprint density at radius 2 is 2.29 bits per heavy atom. The van der Waals surface area contributed by atoms with Crippen LogP contribution in [0, 0.1) is 0 Å². The molecule has 7 heteroatoms. The van der Waals surface area contributed by atoms with Gasteiger partial charge in [0, 0.05) is 6.07 Å². The molecule has 17 heavy (non-hydrogen) atoms. The molecule has 0 saturated carbocycles. The summed E-state index contributed by atoms with van der Waals surface area (Å²) in [7, 11) is 0. The molecule has 1 aromatic carbocycles. The molecule has 1 rings (SSSR count). The summed E-state index contributed by atoms with van der Waals surface area (Å²) >= 11 is 5.84. The molecule has 0 unspecified atom stereocenters. The van der Waals surface area contributed by atoms with Crippen molar-refractivity contribution in [3.63, 3.8) is 0 Å². The predicted molar refractivity (Wildman–Crippen MR) is 61.4 cm³/mol. The van der Waals surface area contributed by atoms with Crippen molar-refractivity contribution in [2.75, 3.05) is 18.6 Å². The van der Waals surface area contributed by atoms with Crippen LogP contribution in [0.1, 0.15) is 6.92 Å². The zero-order valence-electron chi connectivity index (χ0n) is 9.13. The molecule has 0 aliphatic rings. The Balaban J connectivity index is 2.62. The van der Waals surface area contributed by atoms with Crippen LogP contribution in [-0.4, -0.2) is 19.2 Å². The van der Waals surface area contributed by atoms with Gasteiger partial charge in [0.25, 0.3) is 0 Å². The van der Waals surface area contributed by atoms with Crippen molar-refractivity contribution in [2.24, 2.45) is 0 Å². The smallest absolute Gasteiger partial charge is 0.344 e. The molecule has 0 aliphatic heterocycles. The molecule has 0 saturated heterocycles. The van der Waals surface area contributed by atoms with E-state index in [-0.39, 0.29) is 19.0 Å². The van der Waals surface area contributed by atoms with Gasteiger partial charge in [0.05, 0.1) is 17.3 Å². The monoisotopic (exact) mass is 262 g/mol. The van der Waals surface area contributed by atoms with E-state index in [2.05, 4.69) is 10.2 Å². The third-order valence-electron chi connectivity index (χ3n) is 1.77. The molecule has 0 atom stereocenters. The summed E-state index contributed by atoms with van der Waals surface area (Å²) in [4.78, 5) is 11.1.